The summed E-state index contributed by atoms with van der Waals surface area (Å²) in [7, 11) is 0. The molecule has 0 bridgehead atoms. The molecule has 1 saturated heterocycles. The Labute approximate surface area is 105 Å². The van der Waals surface area contributed by atoms with Crippen molar-refractivity contribution in [2.45, 2.75) is 31.4 Å². The third-order valence-electron chi connectivity index (χ3n) is 3.10. The van der Waals surface area contributed by atoms with Gasteiger partial charge in [-0.05, 0) is 53.7 Å². The number of hydrogen-bond acceptors (Lipinski definition) is 4. The van der Waals surface area contributed by atoms with Crippen LogP contribution in [0.25, 0.3) is 0 Å². The zero-order valence-electron chi connectivity index (χ0n) is 9.61. The third-order valence-corrected chi connectivity index (χ3v) is 4.83. The molecule has 1 aliphatic heterocycles. The predicted octanol–water partition coefficient (Wildman–Crippen LogP) is 2.44. The van der Waals surface area contributed by atoms with Gasteiger partial charge in [-0.3, -0.25) is 0 Å². The molecule has 0 amide bonds. The van der Waals surface area contributed by atoms with Crippen LogP contribution in [-0.2, 0) is 5.60 Å². The van der Waals surface area contributed by atoms with Crippen molar-refractivity contribution in [3.05, 3.63) is 22.4 Å². The largest absolute Gasteiger partial charge is 0.384 e. The first kappa shape index (κ1) is 12.4. The maximum Gasteiger partial charge on any atom is 0.1000 e. The zero-order chi connectivity index (χ0) is 11.4. The Morgan fingerprint density at radius 1 is 1.50 bits per heavy atom. The van der Waals surface area contributed by atoms with E-state index in [1.165, 1.54) is 24.3 Å². The third kappa shape index (κ3) is 3.23. The molecule has 4 heteroatoms. The molecule has 1 aliphatic rings. The summed E-state index contributed by atoms with van der Waals surface area (Å²) in [5, 5.41) is 17.9. The molecular formula is C12H19NOS2. The lowest BCUT2D eigenvalue weighted by molar-refractivity contribution is 0.0539. The molecule has 1 unspecified atom stereocenters. The van der Waals surface area contributed by atoms with Gasteiger partial charge in [0.2, 0.25) is 0 Å². The van der Waals surface area contributed by atoms with Crippen LogP contribution in [0.5, 0.6) is 0 Å². The van der Waals surface area contributed by atoms with Gasteiger partial charge >= 0.3 is 0 Å². The van der Waals surface area contributed by atoms with Gasteiger partial charge in [0.25, 0.3) is 0 Å². The average molecular weight is 257 g/mol. The summed E-state index contributed by atoms with van der Waals surface area (Å²) in [6.07, 6.45) is 2.45. The molecule has 0 spiro atoms. The molecular weight excluding hydrogens is 238 g/mol. The summed E-state index contributed by atoms with van der Waals surface area (Å²) < 4.78 is 0. The summed E-state index contributed by atoms with van der Waals surface area (Å²) in [6, 6.07) is 2.59. The van der Waals surface area contributed by atoms with Crippen LogP contribution < -0.4 is 5.32 Å². The van der Waals surface area contributed by atoms with E-state index in [0.717, 1.165) is 5.56 Å². The Morgan fingerprint density at radius 3 is 2.88 bits per heavy atom. The first-order valence-electron chi connectivity index (χ1n) is 5.75. The van der Waals surface area contributed by atoms with Crippen molar-refractivity contribution in [2.24, 2.45) is 0 Å². The Hall–Kier alpha value is -0.0300. The second kappa shape index (κ2) is 5.54. The first-order chi connectivity index (χ1) is 7.68. The van der Waals surface area contributed by atoms with Crippen LogP contribution in [0.2, 0.25) is 0 Å². The van der Waals surface area contributed by atoms with Crippen molar-refractivity contribution in [1.82, 2.24) is 5.32 Å². The van der Waals surface area contributed by atoms with Crippen molar-refractivity contribution in [1.29, 1.82) is 0 Å². The number of rotatable bonds is 4. The molecule has 16 heavy (non-hydrogen) atoms. The lowest BCUT2D eigenvalue weighted by Gasteiger charge is -2.28. The second-order valence-electron chi connectivity index (χ2n) is 4.55. The summed E-state index contributed by atoms with van der Waals surface area (Å²) in [5.74, 6) is 2.50. The first-order valence-corrected chi connectivity index (χ1v) is 7.84. The highest BCUT2D eigenvalue weighted by Gasteiger charge is 2.25. The van der Waals surface area contributed by atoms with Crippen molar-refractivity contribution in [2.75, 3.05) is 18.1 Å². The molecule has 0 radical (unpaired) electrons. The minimum atomic E-state index is -0.732. The maximum absolute atomic E-state index is 10.3. The highest BCUT2D eigenvalue weighted by molar-refractivity contribution is 7.99. The van der Waals surface area contributed by atoms with Crippen molar-refractivity contribution < 1.29 is 5.11 Å². The quantitative estimate of drug-likeness (QED) is 0.869. The maximum atomic E-state index is 10.3. The van der Waals surface area contributed by atoms with Crippen molar-refractivity contribution >= 4 is 23.1 Å². The molecule has 0 aromatic carbocycles. The molecule has 2 nitrogen and oxygen atoms in total. The van der Waals surface area contributed by atoms with E-state index in [4.69, 9.17) is 0 Å². The molecule has 1 atom stereocenters. The van der Waals surface area contributed by atoms with Crippen LogP contribution in [0.1, 0.15) is 25.3 Å². The fraction of sp³-hybridized carbons (Fsp3) is 0.667. The number of aliphatic hydroxyl groups is 1. The van der Waals surface area contributed by atoms with Crippen LogP contribution in [0.4, 0.5) is 0 Å². The molecule has 1 aromatic heterocycles. The van der Waals surface area contributed by atoms with Crippen molar-refractivity contribution in [3.63, 3.8) is 0 Å². The van der Waals surface area contributed by atoms with Crippen LogP contribution in [0.3, 0.4) is 0 Å². The topological polar surface area (TPSA) is 32.3 Å². The highest BCUT2D eigenvalue weighted by atomic mass is 32.2. The monoisotopic (exact) mass is 257 g/mol. The number of thioether (sulfide) groups is 1. The Balaban J connectivity index is 1.84. The lowest BCUT2D eigenvalue weighted by atomic mass is 9.98. The minimum absolute atomic E-state index is 0.589. The van der Waals surface area contributed by atoms with E-state index in [-0.39, 0.29) is 0 Å². The molecule has 2 N–H and O–H groups in total. The molecule has 1 aromatic rings. The van der Waals surface area contributed by atoms with Gasteiger partial charge in [-0.15, -0.1) is 0 Å². The number of thiophene rings is 1. The summed E-state index contributed by atoms with van der Waals surface area (Å²) >= 11 is 3.67. The van der Waals surface area contributed by atoms with Gasteiger partial charge in [-0.25, -0.2) is 0 Å². The summed E-state index contributed by atoms with van der Waals surface area (Å²) in [4.78, 5) is 0. The van der Waals surface area contributed by atoms with E-state index < -0.39 is 5.60 Å². The Bertz CT molecular complexity index is 305. The van der Waals surface area contributed by atoms with Gasteiger partial charge in [-0.2, -0.15) is 23.1 Å². The van der Waals surface area contributed by atoms with Gasteiger partial charge in [0, 0.05) is 12.6 Å². The molecule has 90 valence electrons. The van der Waals surface area contributed by atoms with E-state index in [2.05, 4.69) is 5.32 Å². The fourth-order valence-corrected chi connectivity index (χ4v) is 3.81. The second-order valence-corrected chi connectivity index (χ2v) is 6.56. The van der Waals surface area contributed by atoms with Crippen LogP contribution in [0, 0.1) is 0 Å². The van der Waals surface area contributed by atoms with E-state index >= 15 is 0 Å². The minimum Gasteiger partial charge on any atom is -0.384 e. The smallest absolute Gasteiger partial charge is 0.1000 e. The van der Waals surface area contributed by atoms with Gasteiger partial charge in [-0.1, -0.05) is 0 Å². The normalized spacial score (nSPS) is 21.9. The molecule has 2 rings (SSSR count). The Kier molecular flexibility index (Phi) is 4.30. The molecule has 1 fully saturated rings. The van der Waals surface area contributed by atoms with E-state index in [1.807, 2.05) is 35.5 Å². The summed E-state index contributed by atoms with van der Waals surface area (Å²) in [5.41, 5.74) is 0.292. The zero-order valence-corrected chi connectivity index (χ0v) is 11.2. The summed E-state index contributed by atoms with van der Waals surface area (Å²) in [6.45, 7) is 2.54. The van der Waals surface area contributed by atoms with E-state index in [1.54, 1.807) is 11.3 Å². The SMILES string of the molecule is CC(O)(CNC1CCSCC1)c1ccsc1. The van der Waals surface area contributed by atoms with Crippen molar-refractivity contribution in [3.8, 4) is 0 Å². The molecule has 0 saturated carbocycles. The average Bonchev–Trinajstić information content (AvgIpc) is 2.82. The van der Waals surface area contributed by atoms with E-state index in [9.17, 15) is 5.11 Å². The number of hydrogen-bond donors (Lipinski definition) is 2. The lowest BCUT2D eigenvalue weighted by Crippen LogP contribution is -2.42. The van der Waals surface area contributed by atoms with Gasteiger partial charge < -0.3 is 10.4 Å². The Morgan fingerprint density at radius 2 is 2.25 bits per heavy atom. The van der Waals surface area contributed by atoms with Gasteiger partial charge in [0.05, 0.1) is 5.60 Å². The van der Waals surface area contributed by atoms with Crippen LogP contribution in [0.15, 0.2) is 16.8 Å². The number of nitrogens with one attached hydrogen (secondary N) is 1. The van der Waals surface area contributed by atoms with Crippen LogP contribution >= 0.6 is 23.1 Å². The van der Waals surface area contributed by atoms with Gasteiger partial charge in [0.1, 0.15) is 0 Å². The highest BCUT2D eigenvalue weighted by Crippen LogP contribution is 2.23. The van der Waals surface area contributed by atoms with Crippen LogP contribution in [-0.4, -0.2) is 29.2 Å². The predicted molar refractivity (Wildman–Crippen MR) is 72.2 cm³/mol. The molecule has 0 aliphatic carbocycles. The molecule has 2 heterocycles. The van der Waals surface area contributed by atoms with E-state index in [0.29, 0.717) is 12.6 Å². The van der Waals surface area contributed by atoms with Gasteiger partial charge in [0.15, 0.2) is 0 Å². The fourth-order valence-electron chi connectivity index (χ4n) is 1.92. The standard InChI is InChI=1S/C12H19NOS2/c1-12(14,10-2-5-16-8-10)9-13-11-3-6-15-7-4-11/h2,5,8,11,13-14H,3-4,6-7,9H2,1H3.